The van der Waals surface area contributed by atoms with Gasteiger partial charge >= 0.3 is 6.43 Å². The van der Waals surface area contributed by atoms with Crippen LogP contribution >= 0.6 is 0 Å². The van der Waals surface area contributed by atoms with Crippen LogP contribution in [0.1, 0.15) is 31.2 Å². The van der Waals surface area contributed by atoms with E-state index in [2.05, 4.69) is 51.5 Å². The predicted octanol–water partition coefficient (Wildman–Crippen LogP) is 3.80. The third-order valence-corrected chi connectivity index (χ3v) is 7.32. The van der Waals surface area contributed by atoms with Crippen molar-refractivity contribution in [3.05, 3.63) is 48.3 Å². The van der Waals surface area contributed by atoms with Crippen molar-refractivity contribution in [2.75, 3.05) is 51.7 Å². The Morgan fingerprint density at radius 1 is 1.16 bits per heavy atom. The first-order chi connectivity index (χ1) is 17.8. The van der Waals surface area contributed by atoms with E-state index in [-0.39, 0.29) is 26.2 Å². The molecule has 1 unspecified atom stereocenters. The number of nitrogens with zero attached hydrogens (tertiary/aromatic N) is 5. The van der Waals surface area contributed by atoms with Crippen LogP contribution in [0, 0.1) is 0 Å². The molecule has 5 rings (SSSR count). The normalized spacial score (nSPS) is 21.5. The van der Waals surface area contributed by atoms with Crippen LogP contribution < -0.4 is 5.32 Å². The number of likely N-dealkylation sites (tertiary alicyclic amines) is 1. The zero-order valence-electron chi connectivity index (χ0n) is 21.2. The van der Waals surface area contributed by atoms with Gasteiger partial charge in [-0.25, -0.2) is 9.97 Å². The summed E-state index contributed by atoms with van der Waals surface area (Å²) in [5.41, 5.74) is 3.52. The lowest BCUT2D eigenvalue weighted by molar-refractivity contribution is -0.157. The summed E-state index contributed by atoms with van der Waals surface area (Å²) in [4.78, 5) is 29.1. The summed E-state index contributed by atoms with van der Waals surface area (Å²) in [6.45, 7) is 4.68. The maximum absolute atomic E-state index is 13.0. The van der Waals surface area contributed by atoms with Gasteiger partial charge in [-0.05, 0) is 57.5 Å². The van der Waals surface area contributed by atoms with E-state index < -0.39 is 17.9 Å². The third kappa shape index (κ3) is 5.70. The Kier molecular flexibility index (Phi) is 7.30. The Bertz CT molecular complexity index is 1250. The maximum atomic E-state index is 13.0. The molecule has 37 heavy (non-hydrogen) atoms. The van der Waals surface area contributed by atoms with Gasteiger partial charge in [0.15, 0.2) is 5.82 Å². The van der Waals surface area contributed by atoms with Gasteiger partial charge in [0.1, 0.15) is 11.1 Å². The van der Waals surface area contributed by atoms with Gasteiger partial charge in [-0.2, -0.15) is 8.78 Å². The molecule has 2 aliphatic heterocycles. The molecule has 2 aromatic heterocycles. The van der Waals surface area contributed by atoms with Gasteiger partial charge in [-0.3, -0.25) is 9.78 Å². The summed E-state index contributed by atoms with van der Waals surface area (Å²) in [7, 11) is 2.17. The molecular weight excluding hydrogens is 478 g/mol. The van der Waals surface area contributed by atoms with Crippen molar-refractivity contribution in [2.45, 2.75) is 37.7 Å². The Balaban J connectivity index is 1.36. The number of hydrogen-bond donors (Lipinski definition) is 1. The zero-order valence-corrected chi connectivity index (χ0v) is 21.2. The van der Waals surface area contributed by atoms with Gasteiger partial charge in [-0.1, -0.05) is 24.3 Å². The number of pyridine rings is 1. The Morgan fingerprint density at radius 2 is 1.89 bits per heavy atom. The SMILES string of the molecule is CN1CCC(c2ccc(-c3cc4nccnc4c(NCC4(C)CN(C(=O)C(F)F)CCO4)n3)cc2)CC1. The molecule has 2 fully saturated rings. The first-order valence-electron chi connectivity index (χ1n) is 12.7. The van der Waals surface area contributed by atoms with E-state index in [1.807, 2.05) is 6.07 Å². The Morgan fingerprint density at radius 3 is 2.62 bits per heavy atom. The summed E-state index contributed by atoms with van der Waals surface area (Å²) in [6, 6.07) is 10.5. The monoisotopic (exact) mass is 510 g/mol. The maximum Gasteiger partial charge on any atom is 0.315 e. The molecule has 196 valence electrons. The Hall–Kier alpha value is -3.24. The highest BCUT2D eigenvalue weighted by atomic mass is 19.3. The third-order valence-electron chi connectivity index (χ3n) is 7.32. The van der Waals surface area contributed by atoms with Crippen LogP contribution in [0.2, 0.25) is 0 Å². The molecule has 2 aliphatic rings. The fourth-order valence-electron chi connectivity index (χ4n) is 5.15. The van der Waals surface area contributed by atoms with Crippen molar-refractivity contribution in [1.29, 1.82) is 0 Å². The number of nitrogens with one attached hydrogen (secondary N) is 1. The van der Waals surface area contributed by atoms with Crippen molar-refractivity contribution in [2.24, 2.45) is 0 Å². The summed E-state index contributed by atoms with van der Waals surface area (Å²) < 4.78 is 31.8. The summed E-state index contributed by atoms with van der Waals surface area (Å²) in [5.74, 6) is -0.0672. The van der Waals surface area contributed by atoms with Crippen LogP contribution in [-0.2, 0) is 9.53 Å². The van der Waals surface area contributed by atoms with Gasteiger partial charge in [0.25, 0.3) is 5.91 Å². The molecule has 4 heterocycles. The highest BCUT2D eigenvalue weighted by molar-refractivity contribution is 5.88. The zero-order chi connectivity index (χ0) is 26.0. The van der Waals surface area contributed by atoms with E-state index in [1.165, 1.54) is 5.56 Å². The number of aromatic nitrogens is 3. The first kappa shape index (κ1) is 25.4. The second-order valence-electron chi connectivity index (χ2n) is 10.2. The van der Waals surface area contributed by atoms with Gasteiger partial charge in [0.05, 0.1) is 24.4 Å². The van der Waals surface area contributed by atoms with Gasteiger partial charge in [0, 0.05) is 31.0 Å². The van der Waals surface area contributed by atoms with Crippen LogP contribution in [-0.4, -0.2) is 89.1 Å². The highest BCUT2D eigenvalue weighted by Crippen LogP contribution is 2.31. The number of ether oxygens (including phenoxy) is 1. The van der Waals surface area contributed by atoms with E-state index in [0.29, 0.717) is 22.8 Å². The lowest BCUT2D eigenvalue weighted by Crippen LogP contribution is -2.56. The number of fused-ring (bicyclic) bond motifs is 1. The molecule has 1 amide bonds. The van der Waals surface area contributed by atoms with E-state index in [0.717, 1.165) is 42.1 Å². The van der Waals surface area contributed by atoms with Crippen LogP contribution in [0.15, 0.2) is 42.7 Å². The smallest absolute Gasteiger partial charge is 0.315 e. The number of carbonyl (C=O) groups is 1. The molecule has 2 saturated heterocycles. The van der Waals surface area contributed by atoms with Crippen LogP contribution in [0.5, 0.6) is 0 Å². The molecule has 0 radical (unpaired) electrons. The van der Waals surface area contributed by atoms with Crippen molar-refractivity contribution in [3.8, 4) is 11.3 Å². The molecule has 1 atom stereocenters. The molecule has 10 heteroatoms. The van der Waals surface area contributed by atoms with Crippen LogP contribution in [0.3, 0.4) is 0 Å². The average Bonchev–Trinajstić information content (AvgIpc) is 2.91. The molecule has 0 bridgehead atoms. The number of alkyl halides is 2. The minimum atomic E-state index is -3.03. The largest absolute Gasteiger partial charge is 0.370 e. The molecule has 1 N–H and O–H groups in total. The van der Waals surface area contributed by atoms with E-state index in [9.17, 15) is 13.6 Å². The average molecular weight is 511 g/mol. The lowest BCUT2D eigenvalue weighted by Gasteiger charge is -2.40. The number of amides is 1. The fourth-order valence-corrected chi connectivity index (χ4v) is 5.15. The topological polar surface area (TPSA) is 83.5 Å². The number of morpholine rings is 1. The Labute approximate surface area is 215 Å². The first-order valence-corrected chi connectivity index (χ1v) is 12.7. The second-order valence-corrected chi connectivity index (χ2v) is 10.2. The second kappa shape index (κ2) is 10.6. The minimum absolute atomic E-state index is 0.0604. The van der Waals surface area contributed by atoms with Gasteiger partial charge in [-0.15, -0.1) is 0 Å². The number of benzene rings is 1. The quantitative estimate of drug-likeness (QED) is 0.540. The van der Waals surface area contributed by atoms with Gasteiger partial charge < -0.3 is 19.9 Å². The molecule has 3 aromatic rings. The highest BCUT2D eigenvalue weighted by Gasteiger charge is 2.36. The standard InChI is InChI=1S/C27H32F2N6O2/c1-27(17-35(13-14-37-27)26(36)24(28)29)16-32-25-23-22(30-9-10-31-23)15-21(33-25)20-5-3-18(4-6-20)19-7-11-34(2)12-8-19/h3-6,9-10,15,19,24H,7-8,11-14,16-17H2,1-2H3,(H,32,33). The molecule has 0 saturated carbocycles. The van der Waals surface area contributed by atoms with Crippen molar-refractivity contribution in [3.63, 3.8) is 0 Å². The fraction of sp³-hybridized carbons (Fsp3) is 0.481. The van der Waals surface area contributed by atoms with E-state index in [4.69, 9.17) is 9.72 Å². The van der Waals surface area contributed by atoms with Crippen molar-refractivity contribution >= 4 is 22.8 Å². The van der Waals surface area contributed by atoms with E-state index in [1.54, 1.807) is 19.3 Å². The lowest BCUT2D eigenvalue weighted by atomic mass is 9.89. The summed E-state index contributed by atoms with van der Waals surface area (Å²) in [5, 5.41) is 3.30. The number of rotatable bonds is 6. The number of carbonyl (C=O) groups excluding carboxylic acids is 1. The molecule has 0 spiro atoms. The summed E-state index contributed by atoms with van der Waals surface area (Å²) in [6.07, 6.45) is 2.54. The summed E-state index contributed by atoms with van der Waals surface area (Å²) >= 11 is 0. The molecular formula is C27H32F2N6O2. The van der Waals surface area contributed by atoms with Crippen molar-refractivity contribution in [1.82, 2.24) is 24.8 Å². The van der Waals surface area contributed by atoms with Crippen LogP contribution in [0.25, 0.3) is 22.3 Å². The number of anilines is 1. The van der Waals surface area contributed by atoms with Crippen molar-refractivity contribution < 1.29 is 18.3 Å². The molecule has 8 nitrogen and oxygen atoms in total. The minimum Gasteiger partial charge on any atom is -0.370 e. The van der Waals surface area contributed by atoms with Gasteiger partial charge in [0.2, 0.25) is 0 Å². The number of hydrogen-bond acceptors (Lipinski definition) is 7. The van der Waals surface area contributed by atoms with E-state index >= 15 is 0 Å². The number of halogens is 2. The molecule has 0 aliphatic carbocycles. The van der Waals surface area contributed by atoms with Crippen LogP contribution in [0.4, 0.5) is 14.6 Å². The predicted molar refractivity (Wildman–Crippen MR) is 138 cm³/mol. The number of piperidine rings is 1. The molecule has 1 aromatic carbocycles.